The smallest absolute Gasteiger partial charge is 0.265 e. The average molecular weight is 299 g/mol. The summed E-state index contributed by atoms with van der Waals surface area (Å²) in [4.78, 5) is 18.8. The molecular weight excluding hydrogens is 278 g/mol. The van der Waals surface area contributed by atoms with E-state index in [0.29, 0.717) is 17.8 Å². The Morgan fingerprint density at radius 3 is 3.00 bits per heavy atom. The van der Waals surface area contributed by atoms with E-state index in [1.807, 2.05) is 0 Å². The second-order valence-corrected chi connectivity index (χ2v) is 5.87. The maximum Gasteiger partial charge on any atom is 0.265 e. The monoisotopic (exact) mass is 299 g/mol. The van der Waals surface area contributed by atoms with Crippen molar-refractivity contribution in [3.8, 4) is 0 Å². The topological polar surface area (TPSA) is 118 Å². The molecule has 0 bridgehead atoms. The Hall–Kier alpha value is -1.38. The molecule has 1 atom stereocenters. The molecule has 1 fully saturated rings. The first kappa shape index (κ1) is 15.0. The van der Waals surface area contributed by atoms with Crippen molar-refractivity contribution in [2.24, 2.45) is 5.73 Å². The lowest BCUT2D eigenvalue weighted by molar-refractivity contribution is 0.0957. The summed E-state index contributed by atoms with van der Waals surface area (Å²) in [5.41, 5.74) is 11.7. The lowest BCUT2D eigenvalue weighted by atomic mass is 10.3. The Labute approximate surface area is 122 Å². The van der Waals surface area contributed by atoms with E-state index in [1.165, 1.54) is 11.3 Å². The molecule has 1 amide bonds. The normalized spacial score (nSPS) is 18.5. The van der Waals surface area contributed by atoms with E-state index in [9.17, 15) is 4.79 Å². The van der Waals surface area contributed by atoms with Crippen molar-refractivity contribution in [1.82, 2.24) is 10.3 Å². The van der Waals surface area contributed by atoms with Gasteiger partial charge in [-0.3, -0.25) is 4.79 Å². The zero-order valence-electron chi connectivity index (χ0n) is 11.3. The number of unbranched alkanes of at least 4 members (excludes halogenated alkanes) is 1. The molecule has 0 aromatic carbocycles. The number of nitrogen functional groups attached to an aromatic ring is 1. The Morgan fingerprint density at radius 1 is 1.55 bits per heavy atom. The van der Waals surface area contributed by atoms with Gasteiger partial charge in [0.15, 0.2) is 5.13 Å². The number of aliphatic hydroxyl groups is 1. The largest absolute Gasteiger partial charge is 0.396 e. The third-order valence-corrected chi connectivity index (χ3v) is 4.34. The molecule has 0 aliphatic carbocycles. The van der Waals surface area contributed by atoms with Crippen LogP contribution in [0.25, 0.3) is 0 Å². The van der Waals surface area contributed by atoms with E-state index < -0.39 is 0 Å². The molecule has 0 spiro atoms. The molecule has 1 saturated heterocycles. The van der Waals surface area contributed by atoms with Crippen LogP contribution in [-0.4, -0.2) is 48.3 Å². The molecule has 7 nitrogen and oxygen atoms in total. The molecule has 2 rings (SSSR count). The first-order chi connectivity index (χ1) is 9.61. The van der Waals surface area contributed by atoms with Gasteiger partial charge in [-0.1, -0.05) is 11.3 Å². The number of carbonyl (C=O) groups is 1. The Morgan fingerprint density at radius 2 is 2.35 bits per heavy atom. The van der Waals surface area contributed by atoms with Gasteiger partial charge < -0.3 is 26.8 Å². The van der Waals surface area contributed by atoms with Gasteiger partial charge in [0.2, 0.25) is 0 Å². The number of nitrogens with zero attached hydrogens (tertiary/aromatic N) is 2. The highest BCUT2D eigenvalue weighted by atomic mass is 32.1. The summed E-state index contributed by atoms with van der Waals surface area (Å²) in [6.07, 6.45) is 2.35. The number of rotatable bonds is 6. The lowest BCUT2D eigenvalue weighted by Gasteiger charge is -2.12. The zero-order chi connectivity index (χ0) is 14.5. The predicted octanol–water partition coefficient (Wildman–Crippen LogP) is -0.235. The maximum absolute atomic E-state index is 12.0. The Kier molecular flexibility index (Phi) is 5.16. The van der Waals surface area contributed by atoms with Gasteiger partial charge in [0.25, 0.3) is 5.91 Å². The second kappa shape index (κ2) is 6.87. The third-order valence-electron chi connectivity index (χ3n) is 3.21. The van der Waals surface area contributed by atoms with Gasteiger partial charge in [0.1, 0.15) is 10.7 Å². The van der Waals surface area contributed by atoms with Crippen molar-refractivity contribution in [1.29, 1.82) is 0 Å². The standard InChI is InChI=1S/C12H21N5O2S/c13-8-3-5-17(7-8)12-16-10(14)9(20-12)11(19)15-4-1-2-6-18/h8,18H,1-7,13-14H2,(H,15,19). The summed E-state index contributed by atoms with van der Waals surface area (Å²) >= 11 is 1.30. The van der Waals surface area contributed by atoms with Crippen LogP contribution < -0.4 is 21.7 Å². The van der Waals surface area contributed by atoms with Crippen molar-refractivity contribution in [3.05, 3.63) is 4.88 Å². The Bertz CT molecular complexity index is 465. The first-order valence-electron chi connectivity index (χ1n) is 6.77. The predicted molar refractivity (Wildman–Crippen MR) is 80.0 cm³/mol. The van der Waals surface area contributed by atoms with E-state index in [1.54, 1.807) is 0 Å². The maximum atomic E-state index is 12.0. The van der Waals surface area contributed by atoms with Crippen molar-refractivity contribution >= 4 is 28.2 Å². The molecule has 1 aliphatic heterocycles. The van der Waals surface area contributed by atoms with Gasteiger partial charge in [0, 0.05) is 32.3 Å². The SMILES string of the molecule is Nc1nc(N2CCC(N)C2)sc1C(=O)NCCCCO. The van der Waals surface area contributed by atoms with E-state index in [2.05, 4.69) is 15.2 Å². The average Bonchev–Trinajstić information content (AvgIpc) is 3.00. The molecule has 1 aromatic heterocycles. The molecule has 0 radical (unpaired) electrons. The number of anilines is 2. The fraction of sp³-hybridized carbons (Fsp3) is 0.667. The fourth-order valence-corrected chi connectivity index (χ4v) is 3.03. The van der Waals surface area contributed by atoms with Crippen molar-refractivity contribution in [2.75, 3.05) is 36.9 Å². The van der Waals surface area contributed by atoms with Crippen LogP contribution >= 0.6 is 11.3 Å². The molecule has 1 aliphatic rings. The van der Waals surface area contributed by atoms with Gasteiger partial charge in [-0.2, -0.15) is 0 Å². The second-order valence-electron chi connectivity index (χ2n) is 4.89. The van der Waals surface area contributed by atoms with Crippen LogP contribution in [0.1, 0.15) is 28.9 Å². The summed E-state index contributed by atoms with van der Waals surface area (Å²) in [6, 6.07) is 0.163. The van der Waals surface area contributed by atoms with Gasteiger partial charge in [-0.05, 0) is 19.3 Å². The fourth-order valence-electron chi connectivity index (χ4n) is 2.10. The van der Waals surface area contributed by atoms with Crippen LogP contribution in [0.5, 0.6) is 0 Å². The number of carbonyl (C=O) groups excluding carboxylic acids is 1. The number of aromatic nitrogens is 1. The van der Waals surface area contributed by atoms with E-state index >= 15 is 0 Å². The number of amides is 1. The van der Waals surface area contributed by atoms with Crippen molar-refractivity contribution in [2.45, 2.75) is 25.3 Å². The van der Waals surface area contributed by atoms with E-state index in [0.717, 1.165) is 31.1 Å². The lowest BCUT2D eigenvalue weighted by Crippen LogP contribution is -2.26. The number of hydrogen-bond acceptors (Lipinski definition) is 7. The molecule has 1 unspecified atom stereocenters. The number of nitrogens with two attached hydrogens (primary N) is 2. The number of thiazole rings is 1. The molecular formula is C12H21N5O2S. The van der Waals surface area contributed by atoms with Crippen LogP contribution in [0, 0.1) is 0 Å². The molecule has 112 valence electrons. The first-order valence-corrected chi connectivity index (χ1v) is 7.59. The molecule has 2 heterocycles. The molecule has 6 N–H and O–H groups in total. The van der Waals surface area contributed by atoms with Crippen LogP contribution in [0.3, 0.4) is 0 Å². The van der Waals surface area contributed by atoms with Gasteiger partial charge >= 0.3 is 0 Å². The number of nitrogens with one attached hydrogen (secondary N) is 1. The van der Waals surface area contributed by atoms with Crippen LogP contribution in [0.4, 0.5) is 10.9 Å². The summed E-state index contributed by atoms with van der Waals surface area (Å²) < 4.78 is 0. The number of hydrogen-bond donors (Lipinski definition) is 4. The van der Waals surface area contributed by atoms with Gasteiger partial charge in [-0.25, -0.2) is 4.98 Å². The van der Waals surface area contributed by atoms with Crippen LogP contribution in [0.2, 0.25) is 0 Å². The molecule has 1 aromatic rings. The minimum atomic E-state index is -0.201. The highest BCUT2D eigenvalue weighted by Gasteiger charge is 2.24. The Balaban J connectivity index is 1.94. The molecule has 20 heavy (non-hydrogen) atoms. The highest BCUT2D eigenvalue weighted by Crippen LogP contribution is 2.30. The summed E-state index contributed by atoms with van der Waals surface area (Å²) in [5, 5.41) is 12.2. The molecule has 0 saturated carbocycles. The van der Waals surface area contributed by atoms with Crippen LogP contribution in [0.15, 0.2) is 0 Å². The minimum absolute atomic E-state index is 0.137. The van der Waals surface area contributed by atoms with Crippen LogP contribution in [-0.2, 0) is 0 Å². The highest BCUT2D eigenvalue weighted by molar-refractivity contribution is 7.18. The number of aliphatic hydroxyl groups excluding tert-OH is 1. The zero-order valence-corrected chi connectivity index (χ0v) is 12.2. The van der Waals surface area contributed by atoms with E-state index in [-0.39, 0.29) is 24.4 Å². The summed E-state index contributed by atoms with van der Waals surface area (Å²) in [5.74, 6) is 0.0674. The summed E-state index contributed by atoms with van der Waals surface area (Å²) in [6.45, 7) is 2.27. The van der Waals surface area contributed by atoms with Crippen molar-refractivity contribution in [3.63, 3.8) is 0 Å². The van der Waals surface area contributed by atoms with Crippen molar-refractivity contribution < 1.29 is 9.90 Å². The van der Waals surface area contributed by atoms with Gasteiger partial charge in [-0.15, -0.1) is 0 Å². The quantitative estimate of drug-likeness (QED) is 0.539. The minimum Gasteiger partial charge on any atom is -0.396 e. The van der Waals surface area contributed by atoms with Gasteiger partial charge in [0.05, 0.1) is 0 Å². The molecule has 8 heteroatoms. The third kappa shape index (κ3) is 3.59. The summed E-state index contributed by atoms with van der Waals surface area (Å²) in [7, 11) is 0. The van der Waals surface area contributed by atoms with E-state index in [4.69, 9.17) is 16.6 Å².